The van der Waals surface area contributed by atoms with Gasteiger partial charge in [-0.1, -0.05) is 5.16 Å². The summed E-state index contributed by atoms with van der Waals surface area (Å²) in [6, 6.07) is 0.591. The second-order valence-electron chi connectivity index (χ2n) is 2.69. The van der Waals surface area contributed by atoms with Gasteiger partial charge in [-0.3, -0.25) is 0 Å². The molecule has 0 radical (unpaired) electrons. The summed E-state index contributed by atoms with van der Waals surface area (Å²) < 4.78 is 0. The molecule has 1 aliphatic rings. The van der Waals surface area contributed by atoms with Crippen molar-refractivity contribution in [3.63, 3.8) is 0 Å². The van der Waals surface area contributed by atoms with E-state index in [1.165, 1.54) is 12.8 Å². The maximum atomic E-state index is 8.26. The third-order valence-electron chi connectivity index (χ3n) is 1.62. The molecule has 4 heteroatoms. The van der Waals surface area contributed by atoms with Gasteiger partial charge in [0.05, 0.1) is 6.04 Å². The molecule has 4 N–H and O–H groups in total. The van der Waals surface area contributed by atoms with Gasteiger partial charge in [-0.15, -0.1) is 0 Å². The number of hydrogen-bond acceptors (Lipinski definition) is 3. The molecule has 0 heterocycles. The summed E-state index contributed by atoms with van der Waals surface area (Å²) in [5, 5.41) is 14.4. The van der Waals surface area contributed by atoms with E-state index < -0.39 is 0 Å². The van der Waals surface area contributed by atoms with Gasteiger partial charge < -0.3 is 16.3 Å². The molecule has 0 aliphatic heterocycles. The summed E-state index contributed by atoms with van der Waals surface area (Å²) in [6.45, 7) is 1.88. The van der Waals surface area contributed by atoms with Crippen molar-refractivity contribution < 1.29 is 5.21 Å². The second kappa shape index (κ2) is 2.88. The normalized spacial score (nSPS) is 22.7. The molecule has 1 atom stereocenters. The molecule has 0 amide bonds. The lowest BCUT2D eigenvalue weighted by atomic mass is 10.3. The fourth-order valence-corrected chi connectivity index (χ4v) is 0.776. The maximum absolute atomic E-state index is 8.26. The van der Waals surface area contributed by atoms with E-state index in [4.69, 9.17) is 10.9 Å². The Hall–Kier alpha value is -0.770. The van der Waals surface area contributed by atoms with E-state index in [1.54, 1.807) is 0 Å². The van der Waals surface area contributed by atoms with Crippen molar-refractivity contribution in [2.75, 3.05) is 0 Å². The van der Waals surface area contributed by atoms with Crippen LogP contribution in [-0.4, -0.2) is 23.1 Å². The van der Waals surface area contributed by atoms with Gasteiger partial charge in [0.15, 0.2) is 5.84 Å². The molecule has 1 unspecified atom stereocenters. The van der Waals surface area contributed by atoms with Crippen LogP contribution >= 0.6 is 0 Å². The molecule has 0 saturated heterocycles. The maximum Gasteiger partial charge on any atom is 0.156 e. The zero-order chi connectivity index (χ0) is 7.56. The lowest BCUT2D eigenvalue weighted by Crippen LogP contribution is -2.40. The third-order valence-corrected chi connectivity index (χ3v) is 1.62. The van der Waals surface area contributed by atoms with E-state index in [2.05, 4.69) is 10.5 Å². The first-order valence-electron chi connectivity index (χ1n) is 3.47. The topological polar surface area (TPSA) is 70.6 Å². The minimum absolute atomic E-state index is 0.00231. The molecule has 0 aromatic rings. The number of nitrogens with two attached hydrogens (primary N) is 1. The van der Waals surface area contributed by atoms with Crippen molar-refractivity contribution in [2.45, 2.75) is 31.8 Å². The van der Waals surface area contributed by atoms with E-state index >= 15 is 0 Å². The molecule has 1 saturated carbocycles. The summed E-state index contributed by atoms with van der Waals surface area (Å²) in [6.07, 6.45) is 2.42. The largest absolute Gasteiger partial charge is 0.409 e. The molecule has 0 aromatic heterocycles. The number of nitrogens with one attached hydrogen (secondary N) is 1. The van der Waals surface area contributed by atoms with Crippen LogP contribution in [0, 0.1) is 0 Å². The van der Waals surface area contributed by atoms with Crippen LogP contribution in [0.4, 0.5) is 0 Å². The standard InChI is InChI=1S/C6H13N3O/c1-4(6(7)9-10)8-5-2-3-5/h4-5,8,10H,2-3H2,1H3,(H2,7,9). The molecule has 0 aromatic carbocycles. The number of nitrogens with zero attached hydrogens (tertiary/aromatic N) is 1. The van der Waals surface area contributed by atoms with Crippen molar-refractivity contribution in [1.82, 2.24) is 5.32 Å². The van der Waals surface area contributed by atoms with Crippen LogP contribution < -0.4 is 11.1 Å². The molecule has 1 aliphatic carbocycles. The Labute approximate surface area is 60.1 Å². The Morgan fingerprint density at radius 1 is 1.80 bits per heavy atom. The van der Waals surface area contributed by atoms with E-state index in [0.717, 1.165) is 0 Å². The molecule has 0 bridgehead atoms. The quantitative estimate of drug-likeness (QED) is 0.223. The fraction of sp³-hybridized carbons (Fsp3) is 0.833. The average molecular weight is 143 g/mol. The molecule has 58 valence electrons. The Morgan fingerprint density at radius 3 is 2.80 bits per heavy atom. The Morgan fingerprint density at radius 2 is 2.40 bits per heavy atom. The van der Waals surface area contributed by atoms with Crippen molar-refractivity contribution in [1.29, 1.82) is 0 Å². The summed E-state index contributed by atoms with van der Waals surface area (Å²) >= 11 is 0. The summed E-state index contributed by atoms with van der Waals surface area (Å²) in [5.74, 6) is 0.256. The van der Waals surface area contributed by atoms with E-state index in [1.807, 2.05) is 6.92 Å². The molecule has 1 rings (SSSR count). The van der Waals surface area contributed by atoms with Gasteiger partial charge in [-0.2, -0.15) is 0 Å². The minimum atomic E-state index is -0.00231. The first-order chi connectivity index (χ1) is 4.74. The molecule has 0 spiro atoms. The number of rotatable bonds is 3. The lowest BCUT2D eigenvalue weighted by Gasteiger charge is -2.09. The van der Waals surface area contributed by atoms with E-state index in [9.17, 15) is 0 Å². The van der Waals surface area contributed by atoms with Crippen LogP contribution in [0.25, 0.3) is 0 Å². The van der Waals surface area contributed by atoms with E-state index in [0.29, 0.717) is 6.04 Å². The monoisotopic (exact) mass is 143 g/mol. The van der Waals surface area contributed by atoms with Gasteiger partial charge in [0.25, 0.3) is 0 Å². The summed E-state index contributed by atoms with van der Waals surface area (Å²) in [7, 11) is 0. The van der Waals surface area contributed by atoms with E-state index in [-0.39, 0.29) is 11.9 Å². The number of amidine groups is 1. The van der Waals surface area contributed by atoms with Crippen LogP contribution in [0.1, 0.15) is 19.8 Å². The van der Waals surface area contributed by atoms with Gasteiger partial charge in [0.2, 0.25) is 0 Å². The van der Waals surface area contributed by atoms with Gasteiger partial charge in [-0.25, -0.2) is 0 Å². The lowest BCUT2D eigenvalue weighted by molar-refractivity contribution is 0.315. The van der Waals surface area contributed by atoms with Crippen LogP contribution in [0.15, 0.2) is 5.16 Å². The Kier molecular flexibility index (Phi) is 2.11. The molecule has 4 nitrogen and oxygen atoms in total. The molecular formula is C6H13N3O. The van der Waals surface area contributed by atoms with Crippen molar-refractivity contribution in [3.05, 3.63) is 0 Å². The zero-order valence-electron chi connectivity index (χ0n) is 6.04. The fourth-order valence-electron chi connectivity index (χ4n) is 0.776. The zero-order valence-corrected chi connectivity index (χ0v) is 6.04. The highest BCUT2D eigenvalue weighted by atomic mass is 16.4. The van der Waals surface area contributed by atoms with Crippen LogP contribution in [0.5, 0.6) is 0 Å². The third kappa shape index (κ3) is 1.88. The van der Waals surface area contributed by atoms with Gasteiger partial charge in [0, 0.05) is 6.04 Å². The SMILES string of the molecule is CC(NC1CC1)C(N)=NO. The molecular weight excluding hydrogens is 130 g/mol. The second-order valence-corrected chi connectivity index (χ2v) is 2.69. The van der Waals surface area contributed by atoms with Crippen LogP contribution in [0.2, 0.25) is 0 Å². The highest BCUT2D eigenvalue weighted by Crippen LogP contribution is 2.19. The predicted octanol–water partition coefficient (Wildman–Crippen LogP) is -0.127. The summed E-state index contributed by atoms with van der Waals surface area (Å²) in [5.41, 5.74) is 5.33. The highest BCUT2D eigenvalue weighted by molar-refractivity contribution is 5.84. The van der Waals surface area contributed by atoms with Crippen LogP contribution in [-0.2, 0) is 0 Å². The van der Waals surface area contributed by atoms with Crippen molar-refractivity contribution in [3.8, 4) is 0 Å². The van der Waals surface area contributed by atoms with Crippen molar-refractivity contribution in [2.24, 2.45) is 10.9 Å². The highest BCUT2D eigenvalue weighted by Gasteiger charge is 2.23. The molecule has 10 heavy (non-hydrogen) atoms. The number of oxime groups is 1. The Balaban J connectivity index is 2.25. The first kappa shape index (κ1) is 7.34. The van der Waals surface area contributed by atoms with Crippen LogP contribution in [0.3, 0.4) is 0 Å². The van der Waals surface area contributed by atoms with Crippen molar-refractivity contribution >= 4 is 5.84 Å². The first-order valence-corrected chi connectivity index (χ1v) is 3.47. The average Bonchev–Trinajstić information content (AvgIpc) is 2.70. The smallest absolute Gasteiger partial charge is 0.156 e. The van der Waals surface area contributed by atoms with Gasteiger partial charge >= 0.3 is 0 Å². The Bertz CT molecular complexity index is 142. The molecule has 1 fully saturated rings. The minimum Gasteiger partial charge on any atom is -0.409 e. The number of hydrogen-bond donors (Lipinski definition) is 3. The predicted molar refractivity (Wildman–Crippen MR) is 39.0 cm³/mol. The van der Waals surface area contributed by atoms with Gasteiger partial charge in [0.1, 0.15) is 0 Å². The summed E-state index contributed by atoms with van der Waals surface area (Å²) in [4.78, 5) is 0. The van der Waals surface area contributed by atoms with Gasteiger partial charge in [-0.05, 0) is 19.8 Å².